The van der Waals surface area contributed by atoms with Crippen LogP contribution in [0.15, 0.2) is 0 Å². The highest BCUT2D eigenvalue weighted by Gasteiger charge is 2.23. The van der Waals surface area contributed by atoms with Crippen molar-refractivity contribution in [3.63, 3.8) is 0 Å². The standard InChI is InChI=1S/C11H24N2O2/c1-8(2)6-11(4,15)7-13-9(3)10(14)12-5/h8-9,13,15H,6-7H2,1-5H3,(H,12,14). The van der Waals surface area contributed by atoms with E-state index >= 15 is 0 Å². The Morgan fingerprint density at radius 1 is 1.40 bits per heavy atom. The van der Waals surface area contributed by atoms with Gasteiger partial charge in [0.15, 0.2) is 0 Å². The van der Waals surface area contributed by atoms with E-state index in [-0.39, 0.29) is 11.9 Å². The number of carbonyl (C=O) groups excluding carboxylic acids is 1. The van der Waals surface area contributed by atoms with Crippen LogP contribution in [-0.2, 0) is 4.79 Å². The van der Waals surface area contributed by atoms with Crippen molar-refractivity contribution >= 4 is 5.91 Å². The zero-order valence-corrected chi connectivity index (χ0v) is 10.4. The lowest BCUT2D eigenvalue weighted by atomic mass is 9.94. The summed E-state index contributed by atoms with van der Waals surface area (Å²) in [5, 5.41) is 15.6. The second-order valence-corrected chi connectivity index (χ2v) is 4.81. The van der Waals surface area contributed by atoms with Crippen LogP contribution < -0.4 is 10.6 Å². The highest BCUT2D eigenvalue weighted by atomic mass is 16.3. The van der Waals surface area contributed by atoms with Crippen molar-refractivity contribution in [3.05, 3.63) is 0 Å². The molecular formula is C11H24N2O2. The van der Waals surface area contributed by atoms with Crippen molar-refractivity contribution in [2.45, 2.75) is 45.8 Å². The van der Waals surface area contributed by atoms with Crippen LogP contribution in [0.2, 0.25) is 0 Å². The summed E-state index contributed by atoms with van der Waals surface area (Å²) in [5.74, 6) is 0.382. The molecule has 0 fully saturated rings. The van der Waals surface area contributed by atoms with Gasteiger partial charge in [-0.25, -0.2) is 0 Å². The van der Waals surface area contributed by atoms with Gasteiger partial charge >= 0.3 is 0 Å². The molecule has 0 saturated carbocycles. The molecule has 3 N–H and O–H groups in total. The maximum Gasteiger partial charge on any atom is 0.236 e. The van der Waals surface area contributed by atoms with E-state index in [2.05, 4.69) is 24.5 Å². The summed E-state index contributed by atoms with van der Waals surface area (Å²) in [6.45, 7) is 8.13. The minimum Gasteiger partial charge on any atom is -0.389 e. The average molecular weight is 216 g/mol. The predicted molar refractivity (Wildman–Crippen MR) is 61.6 cm³/mol. The maximum absolute atomic E-state index is 11.2. The lowest BCUT2D eigenvalue weighted by molar-refractivity contribution is -0.122. The minimum atomic E-state index is -0.754. The zero-order chi connectivity index (χ0) is 12.1. The van der Waals surface area contributed by atoms with Crippen LogP contribution >= 0.6 is 0 Å². The normalized spacial score (nSPS) is 17.3. The number of rotatable bonds is 6. The molecule has 0 aromatic carbocycles. The molecule has 0 aromatic heterocycles. The SMILES string of the molecule is CNC(=O)C(C)NCC(C)(O)CC(C)C. The molecule has 0 aliphatic carbocycles. The summed E-state index contributed by atoms with van der Waals surface area (Å²) in [6, 6.07) is -0.270. The molecule has 0 heterocycles. The first-order valence-electron chi connectivity index (χ1n) is 5.46. The monoisotopic (exact) mass is 216 g/mol. The summed E-state index contributed by atoms with van der Waals surface area (Å²) in [5.41, 5.74) is -0.754. The molecule has 1 amide bonds. The first-order chi connectivity index (χ1) is 6.78. The lowest BCUT2D eigenvalue weighted by Gasteiger charge is -2.27. The summed E-state index contributed by atoms with van der Waals surface area (Å²) in [4.78, 5) is 11.2. The first-order valence-corrected chi connectivity index (χ1v) is 5.46. The molecule has 0 rings (SSSR count). The summed E-state index contributed by atoms with van der Waals surface area (Å²) < 4.78 is 0. The van der Waals surface area contributed by atoms with E-state index in [0.717, 1.165) is 6.42 Å². The second-order valence-electron chi connectivity index (χ2n) is 4.81. The fourth-order valence-corrected chi connectivity index (χ4v) is 1.63. The minimum absolute atomic E-state index is 0.0599. The van der Waals surface area contributed by atoms with Gasteiger partial charge in [0, 0.05) is 13.6 Å². The highest BCUT2D eigenvalue weighted by Crippen LogP contribution is 2.15. The van der Waals surface area contributed by atoms with Crippen LogP contribution in [0.1, 0.15) is 34.1 Å². The second kappa shape index (κ2) is 6.08. The quantitative estimate of drug-likeness (QED) is 0.606. The first kappa shape index (κ1) is 14.4. The Morgan fingerprint density at radius 3 is 2.33 bits per heavy atom. The Bertz CT molecular complexity index is 203. The lowest BCUT2D eigenvalue weighted by Crippen LogP contribution is -2.47. The van der Waals surface area contributed by atoms with Crippen LogP contribution in [-0.4, -0.2) is 36.2 Å². The molecule has 2 unspecified atom stereocenters. The molecule has 0 spiro atoms. The Balaban J connectivity index is 3.97. The van der Waals surface area contributed by atoms with Gasteiger partial charge in [-0.3, -0.25) is 4.79 Å². The van der Waals surface area contributed by atoms with Crippen molar-refractivity contribution < 1.29 is 9.90 Å². The van der Waals surface area contributed by atoms with E-state index in [0.29, 0.717) is 12.5 Å². The fourth-order valence-electron chi connectivity index (χ4n) is 1.63. The number of aliphatic hydroxyl groups is 1. The molecular weight excluding hydrogens is 192 g/mol. The zero-order valence-electron chi connectivity index (χ0n) is 10.4. The van der Waals surface area contributed by atoms with Crippen LogP contribution in [0, 0.1) is 5.92 Å². The van der Waals surface area contributed by atoms with Crippen LogP contribution in [0.3, 0.4) is 0 Å². The van der Waals surface area contributed by atoms with Gasteiger partial charge < -0.3 is 15.7 Å². The molecule has 15 heavy (non-hydrogen) atoms. The van der Waals surface area contributed by atoms with Crippen LogP contribution in [0.5, 0.6) is 0 Å². The Morgan fingerprint density at radius 2 is 1.93 bits per heavy atom. The van der Waals surface area contributed by atoms with E-state index in [1.165, 1.54) is 0 Å². The molecule has 4 nitrogen and oxygen atoms in total. The molecule has 4 heteroatoms. The predicted octanol–water partition coefficient (Wildman–Crippen LogP) is 0.508. The van der Waals surface area contributed by atoms with Crippen molar-refractivity contribution in [1.82, 2.24) is 10.6 Å². The Kier molecular flexibility index (Phi) is 5.83. The van der Waals surface area contributed by atoms with Gasteiger partial charge in [0.05, 0.1) is 11.6 Å². The van der Waals surface area contributed by atoms with Gasteiger partial charge in [0.1, 0.15) is 0 Å². The molecule has 90 valence electrons. The van der Waals surface area contributed by atoms with Gasteiger partial charge in [-0.05, 0) is 26.2 Å². The third kappa shape index (κ3) is 6.47. The summed E-state index contributed by atoms with van der Waals surface area (Å²) in [7, 11) is 1.60. The smallest absolute Gasteiger partial charge is 0.236 e. The molecule has 0 aliphatic heterocycles. The van der Waals surface area contributed by atoms with Crippen molar-refractivity contribution in [2.75, 3.05) is 13.6 Å². The van der Waals surface area contributed by atoms with Crippen LogP contribution in [0.4, 0.5) is 0 Å². The highest BCUT2D eigenvalue weighted by molar-refractivity contribution is 5.80. The molecule has 0 aliphatic rings. The van der Waals surface area contributed by atoms with Gasteiger partial charge in [0.25, 0.3) is 0 Å². The number of hydrogen-bond donors (Lipinski definition) is 3. The van der Waals surface area contributed by atoms with Crippen molar-refractivity contribution in [2.24, 2.45) is 5.92 Å². The number of amides is 1. The third-order valence-electron chi connectivity index (χ3n) is 2.28. The van der Waals surface area contributed by atoms with Gasteiger partial charge in [0.2, 0.25) is 5.91 Å². The molecule has 0 saturated heterocycles. The van der Waals surface area contributed by atoms with E-state index in [4.69, 9.17) is 0 Å². The molecule has 0 radical (unpaired) electrons. The molecule has 0 bridgehead atoms. The third-order valence-corrected chi connectivity index (χ3v) is 2.28. The number of nitrogens with one attached hydrogen (secondary N) is 2. The summed E-state index contributed by atoms with van der Waals surface area (Å²) >= 11 is 0. The van der Waals surface area contributed by atoms with E-state index in [1.807, 2.05) is 0 Å². The van der Waals surface area contributed by atoms with Crippen LogP contribution in [0.25, 0.3) is 0 Å². The van der Waals surface area contributed by atoms with Crippen molar-refractivity contribution in [1.29, 1.82) is 0 Å². The molecule has 2 atom stereocenters. The Hall–Kier alpha value is -0.610. The topological polar surface area (TPSA) is 61.4 Å². The van der Waals surface area contributed by atoms with Gasteiger partial charge in [-0.15, -0.1) is 0 Å². The summed E-state index contributed by atoms with van der Waals surface area (Å²) in [6.07, 6.45) is 0.723. The largest absolute Gasteiger partial charge is 0.389 e. The number of likely N-dealkylation sites (N-methyl/N-ethyl adjacent to an activating group) is 1. The maximum atomic E-state index is 11.2. The fraction of sp³-hybridized carbons (Fsp3) is 0.909. The average Bonchev–Trinajstić information content (AvgIpc) is 2.11. The number of carbonyl (C=O) groups is 1. The van der Waals surface area contributed by atoms with Crippen molar-refractivity contribution in [3.8, 4) is 0 Å². The van der Waals surface area contributed by atoms with E-state index < -0.39 is 5.60 Å². The Labute approximate surface area is 92.4 Å². The van der Waals surface area contributed by atoms with Gasteiger partial charge in [-0.1, -0.05) is 13.8 Å². The van der Waals surface area contributed by atoms with Gasteiger partial charge in [-0.2, -0.15) is 0 Å². The van der Waals surface area contributed by atoms with E-state index in [1.54, 1.807) is 20.9 Å². The number of hydrogen-bond acceptors (Lipinski definition) is 3. The van der Waals surface area contributed by atoms with E-state index in [9.17, 15) is 9.90 Å². The molecule has 0 aromatic rings.